The number of aryl methyl sites for hydroxylation is 1. The van der Waals surface area contributed by atoms with Crippen molar-refractivity contribution in [3.63, 3.8) is 0 Å². The average Bonchev–Trinajstić information content (AvgIpc) is 2.37. The van der Waals surface area contributed by atoms with E-state index in [1.807, 2.05) is 33.9 Å². The molecule has 0 spiro atoms. The van der Waals surface area contributed by atoms with Crippen molar-refractivity contribution in [2.75, 3.05) is 12.4 Å². The first-order chi connectivity index (χ1) is 9.35. The van der Waals surface area contributed by atoms with Gasteiger partial charge in [-0.1, -0.05) is 0 Å². The molecule has 20 heavy (non-hydrogen) atoms. The predicted octanol–water partition coefficient (Wildman–Crippen LogP) is 1.68. The van der Waals surface area contributed by atoms with E-state index in [0.29, 0.717) is 5.56 Å². The summed E-state index contributed by atoms with van der Waals surface area (Å²) in [5.41, 5.74) is 2.51. The van der Waals surface area contributed by atoms with Gasteiger partial charge >= 0.3 is 0 Å². The van der Waals surface area contributed by atoms with E-state index in [0.717, 1.165) is 11.3 Å². The van der Waals surface area contributed by atoms with Gasteiger partial charge in [0, 0.05) is 24.3 Å². The molecule has 1 aromatic carbocycles. The van der Waals surface area contributed by atoms with Crippen molar-refractivity contribution in [2.45, 2.75) is 39.8 Å². The molecule has 0 saturated heterocycles. The van der Waals surface area contributed by atoms with Gasteiger partial charge in [-0.3, -0.25) is 9.59 Å². The number of benzene rings is 1. The maximum atomic E-state index is 12.1. The van der Waals surface area contributed by atoms with Gasteiger partial charge in [0.25, 0.3) is 5.91 Å². The lowest BCUT2D eigenvalue weighted by Gasteiger charge is -2.16. The standard InChI is InChI=1S/C15H23N3O2/c1-9(2)17-14(19)11(4)18-15(20)12-6-7-13(16-5)10(3)8-12/h6-9,11,16H,1-5H3,(H,17,19)(H,18,20). The van der Waals surface area contributed by atoms with Gasteiger partial charge in [-0.2, -0.15) is 0 Å². The van der Waals surface area contributed by atoms with Crippen LogP contribution in [0.25, 0.3) is 0 Å². The molecule has 0 radical (unpaired) electrons. The van der Waals surface area contributed by atoms with E-state index < -0.39 is 6.04 Å². The highest BCUT2D eigenvalue weighted by atomic mass is 16.2. The van der Waals surface area contributed by atoms with Crippen LogP contribution in [0.1, 0.15) is 36.7 Å². The molecular formula is C15H23N3O2. The molecule has 5 heteroatoms. The van der Waals surface area contributed by atoms with Gasteiger partial charge < -0.3 is 16.0 Å². The van der Waals surface area contributed by atoms with E-state index in [1.54, 1.807) is 19.1 Å². The monoisotopic (exact) mass is 277 g/mol. The lowest BCUT2D eigenvalue weighted by molar-refractivity contribution is -0.123. The summed E-state index contributed by atoms with van der Waals surface area (Å²) in [5, 5.41) is 8.51. The Hall–Kier alpha value is -2.04. The minimum absolute atomic E-state index is 0.0546. The number of carbonyl (C=O) groups is 2. The normalized spacial score (nSPS) is 11.9. The molecule has 1 aromatic rings. The molecule has 0 saturated carbocycles. The number of nitrogens with one attached hydrogen (secondary N) is 3. The molecule has 2 amide bonds. The van der Waals surface area contributed by atoms with Crippen molar-refractivity contribution in [3.8, 4) is 0 Å². The number of amides is 2. The SMILES string of the molecule is CNc1ccc(C(=O)NC(C)C(=O)NC(C)C)cc1C. The summed E-state index contributed by atoms with van der Waals surface area (Å²) >= 11 is 0. The van der Waals surface area contributed by atoms with Crippen molar-refractivity contribution in [3.05, 3.63) is 29.3 Å². The number of carbonyl (C=O) groups excluding carboxylic acids is 2. The molecule has 1 atom stereocenters. The van der Waals surface area contributed by atoms with E-state index in [-0.39, 0.29) is 17.9 Å². The van der Waals surface area contributed by atoms with Crippen LogP contribution in [0.15, 0.2) is 18.2 Å². The Balaban J connectivity index is 2.71. The number of anilines is 1. The van der Waals surface area contributed by atoms with Gasteiger partial charge in [-0.25, -0.2) is 0 Å². The zero-order chi connectivity index (χ0) is 15.3. The second-order valence-corrected chi connectivity index (χ2v) is 5.14. The third-order valence-corrected chi connectivity index (χ3v) is 2.93. The second kappa shape index (κ2) is 6.93. The lowest BCUT2D eigenvalue weighted by Crippen LogP contribution is -2.46. The van der Waals surface area contributed by atoms with Crippen LogP contribution in [-0.4, -0.2) is 30.9 Å². The maximum absolute atomic E-state index is 12.1. The highest BCUT2D eigenvalue weighted by molar-refractivity contribution is 5.97. The topological polar surface area (TPSA) is 70.2 Å². The van der Waals surface area contributed by atoms with Crippen LogP contribution < -0.4 is 16.0 Å². The van der Waals surface area contributed by atoms with Gasteiger partial charge in [-0.15, -0.1) is 0 Å². The van der Waals surface area contributed by atoms with Gasteiger partial charge in [0.05, 0.1) is 0 Å². The van der Waals surface area contributed by atoms with Crippen molar-refractivity contribution in [2.24, 2.45) is 0 Å². The number of hydrogen-bond acceptors (Lipinski definition) is 3. The van der Waals surface area contributed by atoms with Crippen molar-refractivity contribution < 1.29 is 9.59 Å². The largest absolute Gasteiger partial charge is 0.388 e. The summed E-state index contributed by atoms with van der Waals surface area (Å²) in [6, 6.07) is 4.88. The van der Waals surface area contributed by atoms with Crippen molar-refractivity contribution in [1.29, 1.82) is 0 Å². The summed E-state index contributed by atoms with van der Waals surface area (Å²) in [5.74, 6) is -0.431. The van der Waals surface area contributed by atoms with E-state index in [2.05, 4.69) is 16.0 Å². The maximum Gasteiger partial charge on any atom is 0.251 e. The Morgan fingerprint density at radius 2 is 1.75 bits per heavy atom. The van der Waals surface area contributed by atoms with Gasteiger partial charge in [0.15, 0.2) is 0 Å². The fraction of sp³-hybridized carbons (Fsp3) is 0.467. The van der Waals surface area contributed by atoms with Gasteiger partial charge in [-0.05, 0) is 51.5 Å². The van der Waals surface area contributed by atoms with Crippen molar-refractivity contribution >= 4 is 17.5 Å². The Kier molecular flexibility index (Phi) is 5.55. The Morgan fingerprint density at radius 3 is 2.25 bits per heavy atom. The summed E-state index contributed by atoms with van der Waals surface area (Å²) < 4.78 is 0. The summed E-state index contributed by atoms with van der Waals surface area (Å²) in [6.45, 7) is 7.36. The average molecular weight is 277 g/mol. The Labute approximate surface area is 120 Å². The zero-order valence-corrected chi connectivity index (χ0v) is 12.7. The summed E-state index contributed by atoms with van der Waals surface area (Å²) in [6.07, 6.45) is 0. The highest BCUT2D eigenvalue weighted by Gasteiger charge is 2.17. The molecule has 5 nitrogen and oxygen atoms in total. The molecule has 0 bridgehead atoms. The minimum Gasteiger partial charge on any atom is -0.388 e. The molecule has 0 aromatic heterocycles. The molecule has 0 aliphatic heterocycles. The molecule has 0 fully saturated rings. The zero-order valence-electron chi connectivity index (χ0n) is 12.7. The molecule has 0 heterocycles. The quantitative estimate of drug-likeness (QED) is 0.767. The third-order valence-electron chi connectivity index (χ3n) is 2.93. The molecule has 0 aliphatic rings. The third kappa shape index (κ3) is 4.26. The first-order valence-electron chi connectivity index (χ1n) is 6.74. The molecule has 0 aliphatic carbocycles. The Bertz CT molecular complexity index is 498. The van der Waals surface area contributed by atoms with Crippen LogP contribution in [0.3, 0.4) is 0 Å². The second-order valence-electron chi connectivity index (χ2n) is 5.14. The van der Waals surface area contributed by atoms with Gasteiger partial charge in [0.2, 0.25) is 5.91 Å². The van der Waals surface area contributed by atoms with E-state index >= 15 is 0 Å². The number of hydrogen-bond donors (Lipinski definition) is 3. The van der Waals surface area contributed by atoms with Crippen LogP contribution in [0, 0.1) is 6.92 Å². The lowest BCUT2D eigenvalue weighted by atomic mass is 10.1. The fourth-order valence-corrected chi connectivity index (χ4v) is 1.84. The Morgan fingerprint density at radius 1 is 1.10 bits per heavy atom. The van der Waals surface area contributed by atoms with Gasteiger partial charge in [0.1, 0.15) is 6.04 Å². The van der Waals surface area contributed by atoms with E-state index in [9.17, 15) is 9.59 Å². The highest BCUT2D eigenvalue weighted by Crippen LogP contribution is 2.15. The van der Waals surface area contributed by atoms with Crippen LogP contribution in [0.2, 0.25) is 0 Å². The number of rotatable bonds is 5. The minimum atomic E-state index is -0.561. The molecule has 1 unspecified atom stereocenters. The fourth-order valence-electron chi connectivity index (χ4n) is 1.84. The van der Waals surface area contributed by atoms with Crippen LogP contribution >= 0.6 is 0 Å². The van der Waals surface area contributed by atoms with Crippen LogP contribution in [-0.2, 0) is 4.79 Å². The summed E-state index contributed by atoms with van der Waals surface area (Å²) in [4.78, 5) is 23.8. The first kappa shape index (κ1) is 16.0. The molecule has 3 N–H and O–H groups in total. The summed E-state index contributed by atoms with van der Waals surface area (Å²) in [7, 11) is 1.83. The van der Waals surface area contributed by atoms with E-state index in [1.165, 1.54) is 0 Å². The van der Waals surface area contributed by atoms with Crippen LogP contribution in [0.5, 0.6) is 0 Å². The predicted molar refractivity (Wildman–Crippen MR) is 80.9 cm³/mol. The molecular weight excluding hydrogens is 254 g/mol. The smallest absolute Gasteiger partial charge is 0.251 e. The first-order valence-corrected chi connectivity index (χ1v) is 6.74. The van der Waals surface area contributed by atoms with E-state index in [4.69, 9.17) is 0 Å². The van der Waals surface area contributed by atoms with Crippen molar-refractivity contribution in [1.82, 2.24) is 10.6 Å². The molecule has 1 rings (SSSR count). The van der Waals surface area contributed by atoms with Crippen LogP contribution in [0.4, 0.5) is 5.69 Å². The molecule has 110 valence electrons.